The van der Waals surface area contributed by atoms with E-state index >= 15 is 8.78 Å². The van der Waals surface area contributed by atoms with Crippen LogP contribution in [0.5, 0.6) is 0 Å². The van der Waals surface area contributed by atoms with Crippen LogP contribution in [0.1, 0.15) is 67.6 Å². The molecule has 0 spiro atoms. The van der Waals surface area contributed by atoms with E-state index in [2.05, 4.69) is 31.6 Å². The van der Waals surface area contributed by atoms with Crippen LogP contribution in [0, 0.1) is 24.2 Å². The molecule has 2 aromatic heterocycles. The summed E-state index contributed by atoms with van der Waals surface area (Å²) in [5.41, 5.74) is -0.0496. The highest BCUT2D eigenvalue weighted by atomic mass is 19.3. The molecule has 1 saturated heterocycles. The average molecular weight is 576 g/mol. The molecule has 11 heteroatoms. The third-order valence-corrected chi connectivity index (χ3v) is 8.87. The van der Waals surface area contributed by atoms with Crippen molar-refractivity contribution < 1.29 is 13.6 Å². The van der Waals surface area contributed by atoms with Gasteiger partial charge < -0.3 is 15.5 Å². The van der Waals surface area contributed by atoms with E-state index in [-0.39, 0.29) is 36.0 Å². The number of aromatic nitrogens is 3. The van der Waals surface area contributed by atoms with Crippen molar-refractivity contribution in [2.75, 3.05) is 31.5 Å². The number of pyridine rings is 1. The maximum atomic E-state index is 15.3. The number of anilines is 1. The Labute approximate surface area is 242 Å². The number of nitriles is 1. The second-order valence-corrected chi connectivity index (χ2v) is 12.1. The first-order chi connectivity index (χ1) is 20.1. The number of alkyl halides is 2. The first kappa shape index (κ1) is 28.2. The van der Waals surface area contributed by atoms with Crippen molar-refractivity contribution >= 4 is 22.8 Å². The minimum absolute atomic E-state index is 0.00939. The molecule has 2 fully saturated rings. The van der Waals surface area contributed by atoms with Gasteiger partial charge in [-0.3, -0.25) is 14.2 Å². The standard InChI is InChI=1S/C31H35F2N7O2/c1-19-22-5-3-6-23(13-22)31(32,33)8-7-21-15-39(16-21)12-4-11-35-26(41)17-40-28-24(27(36-19)37-20(2)38-28)14-25(29(40)42)30(18-34)9-10-30/h3,5-6,13-14,19,21H,4,7-12,15-17H2,1-2H3,(H,35,41)(H,36,37,38)/t19-/m0/s1. The maximum Gasteiger partial charge on any atom is 0.273 e. The molecule has 9 nitrogen and oxygen atoms in total. The fraction of sp³-hybridized carbons (Fsp3) is 0.516. The Kier molecular flexibility index (Phi) is 7.21. The summed E-state index contributed by atoms with van der Waals surface area (Å²) in [6.07, 6.45) is 2.07. The van der Waals surface area contributed by atoms with Crippen LogP contribution < -0.4 is 16.2 Å². The normalized spacial score (nSPS) is 25.3. The fourth-order valence-electron chi connectivity index (χ4n) is 6.14. The molecule has 1 saturated carbocycles. The molecule has 5 heterocycles. The van der Waals surface area contributed by atoms with Crippen molar-refractivity contribution in [1.82, 2.24) is 24.8 Å². The van der Waals surface area contributed by atoms with Gasteiger partial charge in [0.05, 0.1) is 16.9 Å². The van der Waals surface area contributed by atoms with Gasteiger partial charge in [-0.1, -0.05) is 18.2 Å². The van der Waals surface area contributed by atoms with E-state index in [1.54, 1.807) is 31.2 Å². The number of aryl methyl sites for hydroxylation is 1. The number of amides is 1. The zero-order valence-corrected chi connectivity index (χ0v) is 23.9. The number of rotatable bonds is 1. The Balaban J connectivity index is 1.44. The molecule has 220 valence electrons. The third-order valence-electron chi connectivity index (χ3n) is 8.87. The van der Waals surface area contributed by atoms with E-state index in [4.69, 9.17) is 0 Å². The lowest BCUT2D eigenvalue weighted by Crippen LogP contribution is -2.47. The van der Waals surface area contributed by atoms with Crippen LogP contribution >= 0.6 is 0 Å². The van der Waals surface area contributed by atoms with Gasteiger partial charge >= 0.3 is 0 Å². The molecule has 1 atom stereocenters. The van der Waals surface area contributed by atoms with Crippen LogP contribution in [0.25, 0.3) is 11.0 Å². The van der Waals surface area contributed by atoms with E-state index in [1.165, 1.54) is 10.6 Å². The second kappa shape index (κ2) is 10.7. The highest BCUT2D eigenvalue weighted by Gasteiger charge is 2.47. The Morgan fingerprint density at radius 2 is 1.90 bits per heavy atom. The molecule has 0 unspecified atom stereocenters. The SMILES string of the molecule is Cc1nc2c3cc(C4(C#N)CC4)c(=O)n(c3n1)CC(=O)NCCCN1CC(CCC(F)(F)c3cccc(c3)[C@H](C)N2)C1. The number of carbonyl (C=O) groups excluding carboxylic acids is 1. The summed E-state index contributed by atoms with van der Waals surface area (Å²) in [6.45, 7) is 6.07. The van der Waals surface area contributed by atoms with Gasteiger partial charge in [-0.15, -0.1) is 0 Å². The quantitative estimate of drug-likeness (QED) is 0.448. The van der Waals surface area contributed by atoms with Crippen LogP contribution in [0.15, 0.2) is 35.1 Å². The lowest BCUT2D eigenvalue weighted by atomic mass is 9.90. The van der Waals surface area contributed by atoms with Gasteiger partial charge in [0, 0.05) is 43.2 Å². The molecule has 2 N–H and O–H groups in total. The fourth-order valence-corrected chi connectivity index (χ4v) is 6.14. The van der Waals surface area contributed by atoms with Crippen LogP contribution in [-0.4, -0.2) is 51.5 Å². The van der Waals surface area contributed by atoms with Crippen LogP contribution in [0.3, 0.4) is 0 Å². The number of nitrogens with one attached hydrogen (secondary N) is 2. The molecule has 3 aromatic rings. The van der Waals surface area contributed by atoms with E-state index in [0.717, 1.165) is 19.6 Å². The third kappa shape index (κ3) is 5.36. The number of hydrogen-bond acceptors (Lipinski definition) is 7. The maximum absolute atomic E-state index is 15.3. The number of benzene rings is 1. The van der Waals surface area contributed by atoms with Crippen molar-refractivity contribution in [3.05, 3.63) is 63.2 Å². The summed E-state index contributed by atoms with van der Waals surface area (Å²) >= 11 is 0. The molecule has 1 amide bonds. The molecule has 8 bridgehead atoms. The van der Waals surface area contributed by atoms with E-state index < -0.39 is 22.9 Å². The Hall–Kier alpha value is -3.91. The summed E-state index contributed by atoms with van der Waals surface area (Å²) in [5, 5.41) is 16.7. The lowest BCUT2D eigenvalue weighted by molar-refractivity contribution is -0.121. The van der Waals surface area contributed by atoms with Gasteiger partial charge in [-0.25, -0.2) is 18.7 Å². The van der Waals surface area contributed by atoms with Gasteiger partial charge in [0.1, 0.15) is 23.8 Å². The number of halogens is 2. The van der Waals surface area contributed by atoms with Crippen molar-refractivity contribution in [3.8, 4) is 6.07 Å². The number of hydrogen-bond donors (Lipinski definition) is 2. The minimum Gasteiger partial charge on any atom is -0.363 e. The monoisotopic (exact) mass is 575 g/mol. The number of fused-ring (bicyclic) bond motifs is 8. The Morgan fingerprint density at radius 1 is 1.12 bits per heavy atom. The first-order valence-corrected chi connectivity index (χ1v) is 14.7. The number of carbonyl (C=O) groups is 1. The largest absolute Gasteiger partial charge is 0.363 e. The molecule has 1 aliphatic carbocycles. The molecule has 3 aliphatic heterocycles. The smallest absolute Gasteiger partial charge is 0.273 e. The predicted octanol–water partition coefficient (Wildman–Crippen LogP) is 4.15. The van der Waals surface area contributed by atoms with Gasteiger partial charge in [-0.05, 0) is 69.7 Å². The second-order valence-electron chi connectivity index (χ2n) is 12.1. The van der Waals surface area contributed by atoms with E-state index in [0.29, 0.717) is 60.4 Å². The Morgan fingerprint density at radius 3 is 2.64 bits per heavy atom. The average Bonchev–Trinajstić information content (AvgIpc) is 3.73. The summed E-state index contributed by atoms with van der Waals surface area (Å²) in [6, 6.07) is 10.0. The minimum atomic E-state index is -2.95. The summed E-state index contributed by atoms with van der Waals surface area (Å²) < 4.78 is 32.0. The highest BCUT2D eigenvalue weighted by Crippen LogP contribution is 2.47. The van der Waals surface area contributed by atoms with Crippen molar-refractivity contribution in [1.29, 1.82) is 5.26 Å². The van der Waals surface area contributed by atoms with Crippen molar-refractivity contribution in [2.45, 2.75) is 69.9 Å². The Bertz CT molecular complexity index is 1640. The molecule has 1 aromatic carbocycles. The first-order valence-electron chi connectivity index (χ1n) is 14.7. The zero-order valence-electron chi connectivity index (χ0n) is 23.9. The summed E-state index contributed by atoms with van der Waals surface area (Å²) in [4.78, 5) is 38.1. The summed E-state index contributed by atoms with van der Waals surface area (Å²) in [5.74, 6) is -2.24. The van der Waals surface area contributed by atoms with Gasteiger partial charge in [0.25, 0.3) is 11.5 Å². The van der Waals surface area contributed by atoms with Gasteiger partial charge in [0.2, 0.25) is 5.91 Å². The zero-order chi connectivity index (χ0) is 29.6. The molecule has 4 aliphatic rings. The predicted molar refractivity (Wildman–Crippen MR) is 154 cm³/mol. The summed E-state index contributed by atoms with van der Waals surface area (Å²) in [7, 11) is 0. The molecule has 0 radical (unpaired) electrons. The topological polar surface area (TPSA) is 116 Å². The van der Waals surface area contributed by atoms with E-state index in [1.807, 2.05) is 6.92 Å². The lowest BCUT2D eigenvalue weighted by Gasteiger charge is -2.40. The van der Waals surface area contributed by atoms with Gasteiger partial charge in [0.15, 0.2) is 0 Å². The molecular formula is C31H35F2N7O2. The molecule has 7 rings (SSSR count). The molecular weight excluding hydrogens is 540 g/mol. The van der Waals surface area contributed by atoms with Crippen LogP contribution in [0.4, 0.5) is 14.6 Å². The van der Waals surface area contributed by atoms with Crippen LogP contribution in [0.2, 0.25) is 0 Å². The van der Waals surface area contributed by atoms with Crippen LogP contribution in [-0.2, 0) is 22.7 Å². The molecule has 42 heavy (non-hydrogen) atoms. The highest BCUT2D eigenvalue weighted by molar-refractivity contribution is 5.89. The van der Waals surface area contributed by atoms with Crippen molar-refractivity contribution in [3.63, 3.8) is 0 Å². The van der Waals surface area contributed by atoms with Crippen molar-refractivity contribution in [2.24, 2.45) is 5.92 Å². The number of nitrogens with zero attached hydrogens (tertiary/aromatic N) is 5. The van der Waals surface area contributed by atoms with Gasteiger partial charge in [-0.2, -0.15) is 5.26 Å². The van der Waals surface area contributed by atoms with E-state index in [9.17, 15) is 14.9 Å².